The van der Waals surface area contributed by atoms with Crippen LogP contribution < -0.4 is 20.1 Å². The number of aromatic nitrogens is 1. The van der Waals surface area contributed by atoms with Crippen molar-refractivity contribution >= 4 is 28.4 Å². The van der Waals surface area contributed by atoms with Crippen molar-refractivity contribution in [2.75, 3.05) is 19.5 Å². The van der Waals surface area contributed by atoms with Gasteiger partial charge >= 0.3 is 0 Å². The van der Waals surface area contributed by atoms with Crippen molar-refractivity contribution in [3.63, 3.8) is 0 Å². The predicted molar refractivity (Wildman–Crippen MR) is 157 cm³/mol. The lowest BCUT2D eigenvalue weighted by molar-refractivity contribution is -0.126. The van der Waals surface area contributed by atoms with Gasteiger partial charge in [0.05, 0.1) is 25.8 Å². The number of carbonyl (C=O) groups is 2. The number of fused-ring (bicyclic) bond motifs is 1. The molecule has 4 aromatic carbocycles. The van der Waals surface area contributed by atoms with Gasteiger partial charge in [0.2, 0.25) is 11.8 Å². The summed E-state index contributed by atoms with van der Waals surface area (Å²) in [7, 11) is 3.09. The second-order valence-electron chi connectivity index (χ2n) is 9.43. The molecule has 0 aliphatic heterocycles. The molecular formula is C33H31N3O4. The van der Waals surface area contributed by atoms with E-state index < -0.39 is 12.0 Å². The summed E-state index contributed by atoms with van der Waals surface area (Å²) in [6.45, 7) is 0. The van der Waals surface area contributed by atoms with E-state index in [2.05, 4.69) is 15.6 Å². The SMILES string of the molecule is COc1ccc(OC)c(NC(=O)[C@H](Cc2c[nH]c3ccccc23)NC(=O)C(c2ccccc2)c2ccccc2)c1. The molecular weight excluding hydrogens is 502 g/mol. The Kier molecular flexibility index (Phi) is 8.11. The highest BCUT2D eigenvalue weighted by molar-refractivity contribution is 6.00. The molecule has 0 saturated carbocycles. The van der Waals surface area contributed by atoms with E-state index >= 15 is 0 Å². The smallest absolute Gasteiger partial charge is 0.247 e. The van der Waals surface area contributed by atoms with Crippen molar-refractivity contribution in [3.05, 3.63) is 126 Å². The number of rotatable bonds is 10. The van der Waals surface area contributed by atoms with Crippen LogP contribution in [0, 0.1) is 0 Å². The minimum Gasteiger partial charge on any atom is -0.497 e. The Hall–Kier alpha value is -5.04. The maximum atomic E-state index is 14.0. The van der Waals surface area contributed by atoms with Crippen LogP contribution >= 0.6 is 0 Å². The largest absolute Gasteiger partial charge is 0.497 e. The van der Waals surface area contributed by atoms with Crippen LogP contribution in [-0.2, 0) is 16.0 Å². The zero-order valence-electron chi connectivity index (χ0n) is 22.4. The van der Waals surface area contributed by atoms with E-state index in [4.69, 9.17) is 9.47 Å². The van der Waals surface area contributed by atoms with Gasteiger partial charge in [-0.2, -0.15) is 0 Å². The number of benzene rings is 4. The molecule has 0 aliphatic carbocycles. The fourth-order valence-electron chi connectivity index (χ4n) is 4.90. The van der Waals surface area contributed by atoms with Crippen molar-refractivity contribution in [2.45, 2.75) is 18.4 Å². The van der Waals surface area contributed by atoms with Crippen LogP contribution in [0.4, 0.5) is 5.69 Å². The number of methoxy groups -OCH3 is 2. The average molecular weight is 534 g/mol. The summed E-state index contributed by atoms with van der Waals surface area (Å²) < 4.78 is 10.8. The first-order valence-electron chi connectivity index (χ1n) is 13.1. The van der Waals surface area contributed by atoms with Crippen LogP contribution in [0.2, 0.25) is 0 Å². The summed E-state index contributed by atoms with van der Waals surface area (Å²) >= 11 is 0. The molecule has 7 nitrogen and oxygen atoms in total. The van der Waals surface area contributed by atoms with Gasteiger partial charge in [0.25, 0.3) is 0 Å². The number of carbonyl (C=O) groups excluding carboxylic acids is 2. The molecule has 1 atom stereocenters. The van der Waals surface area contributed by atoms with E-state index in [0.29, 0.717) is 17.2 Å². The molecule has 0 spiro atoms. The lowest BCUT2D eigenvalue weighted by atomic mass is 9.90. The number of hydrogen-bond donors (Lipinski definition) is 3. The Morgan fingerprint density at radius 1 is 0.775 bits per heavy atom. The number of ether oxygens (including phenoxy) is 2. The van der Waals surface area contributed by atoms with Crippen LogP contribution in [0.15, 0.2) is 109 Å². The third-order valence-electron chi connectivity index (χ3n) is 6.92. The van der Waals surface area contributed by atoms with Gasteiger partial charge < -0.3 is 25.1 Å². The third kappa shape index (κ3) is 5.83. The van der Waals surface area contributed by atoms with Gasteiger partial charge in [0.1, 0.15) is 17.5 Å². The molecule has 2 amide bonds. The van der Waals surface area contributed by atoms with Crippen LogP contribution in [0.25, 0.3) is 10.9 Å². The number of aromatic amines is 1. The quantitative estimate of drug-likeness (QED) is 0.215. The molecule has 1 aromatic heterocycles. The number of amides is 2. The molecule has 5 rings (SSSR count). The van der Waals surface area contributed by atoms with Crippen LogP contribution in [-0.4, -0.2) is 37.1 Å². The van der Waals surface area contributed by atoms with Crippen LogP contribution in [0.3, 0.4) is 0 Å². The van der Waals surface area contributed by atoms with Gasteiger partial charge in [0.15, 0.2) is 0 Å². The van der Waals surface area contributed by atoms with E-state index in [9.17, 15) is 9.59 Å². The summed E-state index contributed by atoms with van der Waals surface area (Å²) in [6.07, 6.45) is 2.17. The molecule has 3 N–H and O–H groups in total. The van der Waals surface area contributed by atoms with Crippen molar-refractivity contribution < 1.29 is 19.1 Å². The van der Waals surface area contributed by atoms with Gasteiger partial charge in [-0.15, -0.1) is 0 Å². The summed E-state index contributed by atoms with van der Waals surface area (Å²) in [5.41, 5.74) is 4.01. The van der Waals surface area contributed by atoms with Crippen molar-refractivity contribution in [1.29, 1.82) is 0 Å². The van der Waals surface area contributed by atoms with Gasteiger partial charge in [-0.1, -0.05) is 78.9 Å². The number of nitrogens with one attached hydrogen (secondary N) is 3. The fraction of sp³-hybridized carbons (Fsp3) is 0.152. The zero-order valence-corrected chi connectivity index (χ0v) is 22.4. The van der Waals surface area contributed by atoms with Crippen molar-refractivity contribution in [3.8, 4) is 11.5 Å². The average Bonchev–Trinajstić information content (AvgIpc) is 3.40. The maximum Gasteiger partial charge on any atom is 0.247 e. The molecule has 5 aromatic rings. The van der Waals surface area contributed by atoms with Crippen molar-refractivity contribution in [1.82, 2.24) is 10.3 Å². The monoisotopic (exact) mass is 533 g/mol. The van der Waals surface area contributed by atoms with E-state index in [1.807, 2.05) is 91.1 Å². The lowest BCUT2D eigenvalue weighted by Gasteiger charge is -2.23. The van der Waals surface area contributed by atoms with Crippen molar-refractivity contribution in [2.24, 2.45) is 0 Å². The van der Waals surface area contributed by atoms with Gasteiger partial charge in [-0.25, -0.2) is 0 Å². The summed E-state index contributed by atoms with van der Waals surface area (Å²) in [4.78, 5) is 31.1. The van der Waals surface area contributed by atoms with Crippen LogP contribution in [0.5, 0.6) is 11.5 Å². The molecule has 0 aliphatic rings. The Morgan fingerprint density at radius 3 is 2.08 bits per heavy atom. The summed E-state index contributed by atoms with van der Waals surface area (Å²) in [5.74, 6) is -0.175. The highest BCUT2D eigenvalue weighted by Crippen LogP contribution is 2.30. The number of anilines is 1. The third-order valence-corrected chi connectivity index (χ3v) is 6.92. The van der Waals surface area contributed by atoms with E-state index in [1.54, 1.807) is 25.3 Å². The highest BCUT2D eigenvalue weighted by atomic mass is 16.5. The minimum absolute atomic E-state index is 0.269. The van der Waals surface area contributed by atoms with E-state index in [1.165, 1.54) is 7.11 Å². The topological polar surface area (TPSA) is 92.4 Å². The molecule has 1 heterocycles. The maximum absolute atomic E-state index is 14.0. The number of hydrogen-bond acceptors (Lipinski definition) is 4. The van der Waals surface area contributed by atoms with Crippen LogP contribution in [0.1, 0.15) is 22.6 Å². The molecule has 7 heteroatoms. The summed E-state index contributed by atoms with van der Waals surface area (Å²) in [6, 6.07) is 31.3. The molecule has 0 radical (unpaired) electrons. The first-order valence-corrected chi connectivity index (χ1v) is 13.1. The Balaban J connectivity index is 1.49. The zero-order chi connectivity index (χ0) is 27.9. The molecule has 202 valence electrons. The minimum atomic E-state index is -0.877. The highest BCUT2D eigenvalue weighted by Gasteiger charge is 2.29. The molecule has 0 bridgehead atoms. The second kappa shape index (κ2) is 12.2. The summed E-state index contributed by atoms with van der Waals surface area (Å²) in [5, 5.41) is 7.01. The Bertz CT molecular complexity index is 1560. The Labute approximate surface area is 233 Å². The Morgan fingerprint density at radius 2 is 1.43 bits per heavy atom. The van der Waals surface area contributed by atoms with E-state index in [0.717, 1.165) is 27.6 Å². The first kappa shape index (κ1) is 26.6. The molecule has 0 unspecified atom stereocenters. The molecule has 0 fully saturated rings. The fourth-order valence-corrected chi connectivity index (χ4v) is 4.90. The van der Waals surface area contributed by atoms with Gasteiger partial charge in [-0.3, -0.25) is 9.59 Å². The number of H-pyrrole nitrogens is 1. The standard InChI is InChI=1S/C33H31N3O4/c1-39-25-17-18-30(40-2)28(20-25)35-32(37)29(19-24-21-34-27-16-10-9-15-26(24)27)36-33(38)31(22-11-5-3-6-12-22)23-13-7-4-8-14-23/h3-18,20-21,29,31,34H,19H2,1-2H3,(H,35,37)(H,36,38)/t29-/m0/s1. The second-order valence-corrected chi connectivity index (χ2v) is 9.43. The molecule has 40 heavy (non-hydrogen) atoms. The van der Waals surface area contributed by atoms with Gasteiger partial charge in [-0.05, 0) is 34.9 Å². The van der Waals surface area contributed by atoms with Gasteiger partial charge in [0, 0.05) is 29.6 Å². The normalized spacial score (nSPS) is 11.7. The number of para-hydroxylation sites is 1. The first-order chi connectivity index (χ1) is 19.6. The lowest BCUT2D eigenvalue weighted by Crippen LogP contribution is -2.47. The van der Waals surface area contributed by atoms with E-state index in [-0.39, 0.29) is 18.2 Å². The predicted octanol–water partition coefficient (Wildman–Crippen LogP) is 5.68. The molecule has 0 saturated heterocycles.